The smallest absolute Gasteiger partial charge is 0.146 e. The lowest BCUT2D eigenvalue weighted by Gasteiger charge is -2.47. The summed E-state index contributed by atoms with van der Waals surface area (Å²) in [7, 11) is 2.43. The summed E-state index contributed by atoms with van der Waals surface area (Å²) in [6.07, 6.45) is 3.55. The second-order valence-electron chi connectivity index (χ2n) is 6.44. The van der Waals surface area contributed by atoms with Gasteiger partial charge >= 0.3 is 0 Å². The molecule has 3 atom stereocenters. The normalized spacial score (nSPS) is 43.7. The third kappa shape index (κ3) is 1.59. The molecule has 0 aromatic rings. The summed E-state index contributed by atoms with van der Waals surface area (Å²) in [5.74, 6) is 0.851. The van der Waals surface area contributed by atoms with Crippen LogP contribution in [0.4, 0.5) is 0 Å². The van der Waals surface area contributed by atoms with Gasteiger partial charge in [0, 0.05) is 5.92 Å². The maximum atomic E-state index is 3.73. The van der Waals surface area contributed by atoms with Crippen molar-refractivity contribution in [1.82, 2.24) is 5.32 Å². The van der Waals surface area contributed by atoms with E-state index in [1.807, 2.05) is 0 Å². The lowest BCUT2D eigenvalue weighted by atomic mass is 9.74. The highest BCUT2D eigenvalue weighted by Gasteiger charge is 2.49. The largest absolute Gasteiger partial charge is 0.310 e. The van der Waals surface area contributed by atoms with Crippen molar-refractivity contribution < 1.29 is 4.48 Å². The Bertz CT molecular complexity index is 219. The molecule has 2 aliphatic heterocycles. The molecule has 2 heteroatoms. The molecule has 2 saturated heterocycles. The second-order valence-corrected chi connectivity index (χ2v) is 6.44. The van der Waals surface area contributed by atoms with E-state index in [2.05, 4.69) is 33.1 Å². The summed E-state index contributed by atoms with van der Waals surface area (Å²) in [5, 5.41) is 3.73. The van der Waals surface area contributed by atoms with E-state index in [0.717, 1.165) is 12.1 Å². The Balaban J connectivity index is 2.20. The quantitative estimate of drug-likeness (QED) is 0.584. The Morgan fingerprint density at radius 1 is 1.21 bits per heavy atom. The number of nitrogens with zero attached hydrogens (tertiary/aromatic N) is 1. The molecule has 1 N–H and O–H groups in total. The van der Waals surface area contributed by atoms with Gasteiger partial charge in [0.15, 0.2) is 0 Å². The number of likely N-dealkylation sites (N-methyl/N-ethyl adjacent to an activating group) is 1. The molecule has 2 fully saturated rings. The molecule has 0 bridgehead atoms. The van der Waals surface area contributed by atoms with Gasteiger partial charge < -0.3 is 4.48 Å². The zero-order valence-corrected chi connectivity index (χ0v) is 10.1. The second kappa shape index (κ2) is 3.21. The Morgan fingerprint density at radius 3 is 2.57 bits per heavy atom. The van der Waals surface area contributed by atoms with Gasteiger partial charge in [0.05, 0.1) is 26.7 Å². The van der Waals surface area contributed by atoms with Gasteiger partial charge in [0.25, 0.3) is 0 Å². The molecule has 3 unspecified atom stereocenters. The van der Waals surface area contributed by atoms with E-state index in [0.29, 0.717) is 5.41 Å². The lowest BCUT2D eigenvalue weighted by Crippen LogP contribution is -2.60. The van der Waals surface area contributed by atoms with Crippen LogP contribution >= 0.6 is 0 Å². The third-order valence-electron chi connectivity index (χ3n) is 4.33. The third-order valence-corrected chi connectivity index (χ3v) is 4.33. The predicted molar refractivity (Wildman–Crippen MR) is 59.9 cm³/mol. The molecule has 2 rings (SSSR count). The summed E-state index contributed by atoms with van der Waals surface area (Å²) < 4.78 is 1.28. The van der Waals surface area contributed by atoms with E-state index in [1.54, 1.807) is 0 Å². The van der Waals surface area contributed by atoms with Gasteiger partial charge in [-0.3, -0.25) is 5.32 Å². The minimum absolute atomic E-state index is 0.460. The van der Waals surface area contributed by atoms with Crippen LogP contribution in [-0.2, 0) is 0 Å². The van der Waals surface area contributed by atoms with Crippen LogP contribution < -0.4 is 5.32 Å². The molecule has 82 valence electrons. The van der Waals surface area contributed by atoms with E-state index < -0.39 is 0 Å². The molecule has 0 amide bonds. The fourth-order valence-electron chi connectivity index (χ4n) is 3.39. The van der Waals surface area contributed by atoms with Gasteiger partial charge in [-0.05, 0) is 18.3 Å². The highest BCUT2D eigenvalue weighted by molar-refractivity contribution is 4.85. The van der Waals surface area contributed by atoms with Crippen LogP contribution in [-0.4, -0.2) is 37.3 Å². The molecule has 0 aromatic heterocycles. The van der Waals surface area contributed by atoms with Gasteiger partial charge in [-0.25, -0.2) is 0 Å². The van der Waals surface area contributed by atoms with Crippen LogP contribution in [0.2, 0.25) is 0 Å². The number of hydrogen-bond donors (Lipinski definition) is 1. The number of fused-ring (bicyclic) bond motifs is 1. The maximum Gasteiger partial charge on any atom is 0.146 e. The molecule has 2 aliphatic rings. The van der Waals surface area contributed by atoms with Crippen LogP contribution in [0.25, 0.3) is 0 Å². The SMILES string of the molecule is CC(C)(C)C1CCC[N+]2(C)CCNC12. The highest BCUT2D eigenvalue weighted by atomic mass is 15.5. The van der Waals surface area contributed by atoms with Crippen LogP contribution in [0.3, 0.4) is 0 Å². The van der Waals surface area contributed by atoms with E-state index in [4.69, 9.17) is 0 Å². The predicted octanol–water partition coefficient (Wildman–Crippen LogP) is 1.82. The van der Waals surface area contributed by atoms with Crippen molar-refractivity contribution in [3.05, 3.63) is 0 Å². The van der Waals surface area contributed by atoms with E-state index >= 15 is 0 Å². The number of nitrogens with one attached hydrogen (secondary N) is 1. The molecular formula is C12H25N2+. The molecule has 2 heterocycles. The Labute approximate surface area is 88.3 Å². The van der Waals surface area contributed by atoms with E-state index in [1.165, 1.54) is 37.0 Å². The van der Waals surface area contributed by atoms with Crippen LogP contribution in [0, 0.1) is 11.3 Å². The minimum atomic E-state index is 0.460. The first kappa shape index (κ1) is 10.4. The van der Waals surface area contributed by atoms with Crippen molar-refractivity contribution in [2.75, 3.05) is 26.7 Å². The van der Waals surface area contributed by atoms with Crippen LogP contribution in [0.15, 0.2) is 0 Å². The topological polar surface area (TPSA) is 12.0 Å². The van der Waals surface area contributed by atoms with Crippen LogP contribution in [0.1, 0.15) is 33.6 Å². The fourth-order valence-corrected chi connectivity index (χ4v) is 3.39. The molecule has 0 saturated carbocycles. The summed E-state index contributed by atoms with van der Waals surface area (Å²) in [6.45, 7) is 11.1. The van der Waals surface area contributed by atoms with Crippen molar-refractivity contribution >= 4 is 0 Å². The molecule has 2 nitrogen and oxygen atoms in total. The average Bonchev–Trinajstić information content (AvgIpc) is 2.43. The van der Waals surface area contributed by atoms with Crippen molar-refractivity contribution in [2.45, 2.75) is 39.8 Å². The molecule has 0 aromatic carbocycles. The number of hydrogen-bond acceptors (Lipinski definition) is 1. The lowest BCUT2D eigenvalue weighted by molar-refractivity contribution is -0.932. The Morgan fingerprint density at radius 2 is 1.93 bits per heavy atom. The standard InChI is InChI=1S/C12H25N2/c1-12(2,3)10-6-5-8-14(4)9-7-13-11(10)14/h10-11,13H,5-9H2,1-4H3/q+1. The van der Waals surface area contributed by atoms with Gasteiger partial charge in [-0.1, -0.05) is 20.8 Å². The minimum Gasteiger partial charge on any atom is -0.310 e. The molecule has 0 radical (unpaired) electrons. The summed E-state index contributed by atoms with van der Waals surface area (Å²) in [4.78, 5) is 0. The summed E-state index contributed by atoms with van der Waals surface area (Å²) >= 11 is 0. The number of piperidine rings is 1. The first-order valence-electron chi connectivity index (χ1n) is 6.01. The first-order valence-corrected chi connectivity index (χ1v) is 6.01. The van der Waals surface area contributed by atoms with Crippen molar-refractivity contribution in [1.29, 1.82) is 0 Å². The van der Waals surface area contributed by atoms with Gasteiger partial charge in [0.2, 0.25) is 0 Å². The Kier molecular flexibility index (Phi) is 2.39. The highest BCUT2D eigenvalue weighted by Crippen LogP contribution is 2.40. The molecular weight excluding hydrogens is 172 g/mol. The van der Waals surface area contributed by atoms with Crippen LogP contribution in [0.5, 0.6) is 0 Å². The van der Waals surface area contributed by atoms with Gasteiger partial charge in [0.1, 0.15) is 6.17 Å². The van der Waals surface area contributed by atoms with Gasteiger partial charge in [-0.15, -0.1) is 0 Å². The molecule has 0 spiro atoms. The van der Waals surface area contributed by atoms with Crippen molar-refractivity contribution in [2.24, 2.45) is 11.3 Å². The Hall–Kier alpha value is -0.0800. The monoisotopic (exact) mass is 197 g/mol. The van der Waals surface area contributed by atoms with Gasteiger partial charge in [-0.2, -0.15) is 0 Å². The fraction of sp³-hybridized carbons (Fsp3) is 1.00. The van der Waals surface area contributed by atoms with Crippen molar-refractivity contribution in [3.63, 3.8) is 0 Å². The first-order chi connectivity index (χ1) is 6.43. The number of quaternary nitrogens is 1. The van der Waals surface area contributed by atoms with E-state index in [-0.39, 0.29) is 0 Å². The summed E-state index contributed by atoms with van der Waals surface area (Å²) in [5.41, 5.74) is 0.460. The maximum absolute atomic E-state index is 3.73. The molecule has 0 aliphatic carbocycles. The number of rotatable bonds is 0. The van der Waals surface area contributed by atoms with E-state index in [9.17, 15) is 0 Å². The summed E-state index contributed by atoms with van der Waals surface area (Å²) in [6, 6.07) is 0. The molecule has 14 heavy (non-hydrogen) atoms. The zero-order chi connectivity index (χ0) is 10.4. The average molecular weight is 197 g/mol. The zero-order valence-electron chi connectivity index (χ0n) is 10.1. The van der Waals surface area contributed by atoms with Crippen molar-refractivity contribution in [3.8, 4) is 0 Å².